The van der Waals surface area contributed by atoms with E-state index < -0.39 is 17.7 Å². The number of hydrogen-bond donors (Lipinski definition) is 0. The molecule has 1 aliphatic heterocycles. The van der Waals surface area contributed by atoms with Gasteiger partial charge in [-0.15, -0.1) is 5.10 Å². The van der Waals surface area contributed by atoms with Gasteiger partial charge in [0, 0.05) is 13.0 Å². The van der Waals surface area contributed by atoms with Crippen molar-refractivity contribution < 1.29 is 18.7 Å². The first-order valence-electron chi connectivity index (χ1n) is 8.22. The molecule has 1 saturated heterocycles. The SMILES string of the molecule is O=C(Oc1ccc(-n2cnnn2)cc1)[C@@H]1CC(=O)N(c2ccccc2F)C1. The minimum Gasteiger partial charge on any atom is -0.426 e. The molecule has 0 spiro atoms. The van der Waals surface area contributed by atoms with Crippen LogP contribution in [0.1, 0.15) is 6.42 Å². The van der Waals surface area contributed by atoms with E-state index in [4.69, 9.17) is 4.74 Å². The Morgan fingerprint density at radius 1 is 1.15 bits per heavy atom. The number of carbonyl (C=O) groups is 2. The second kappa shape index (κ2) is 6.94. The van der Waals surface area contributed by atoms with Gasteiger partial charge >= 0.3 is 5.97 Å². The lowest BCUT2D eigenvalue weighted by Crippen LogP contribution is -2.28. The first-order chi connectivity index (χ1) is 13.1. The number of amides is 1. The summed E-state index contributed by atoms with van der Waals surface area (Å²) >= 11 is 0. The first kappa shape index (κ1) is 16.8. The molecule has 27 heavy (non-hydrogen) atoms. The Bertz CT molecular complexity index is 975. The molecule has 136 valence electrons. The molecule has 0 saturated carbocycles. The van der Waals surface area contributed by atoms with Crippen LogP contribution < -0.4 is 9.64 Å². The highest BCUT2D eigenvalue weighted by molar-refractivity contribution is 5.99. The number of esters is 1. The van der Waals surface area contributed by atoms with E-state index in [0.29, 0.717) is 11.4 Å². The molecule has 0 bridgehead atoms. The Labute approximate surface area is 153 Å². The van der Waals surface area contributed by atoms with Gasteiger partial charge in [-0.3, -0.25) is 9.59 Å². The van der Waals surface area contributed by atoms with Gasteiger partial charge in [0.1, 0.15) is 17.9 Å². The van der Waals surface area contributed by atoms with Gasteiger partial charge in [0.2, 0.25) is 5.91 Å². The molecule has 1 atom stereocenters. The van der Waals surface area contributed by atoms with E-state index in [-0.39, 0.29) is 24.6 Å². The number of para-hydroxylation sites is 1. The first-order valence-corrected chi connectivity index (χ1v) is 8.22. The number of anilines is 1. The fraction of sp³-hybridized carbons (Fsp3) is 0.167. The summed E-state index contributed by atoms with van der Waals surface area (Å²) in [6.45, 7) is 0.0846. The van der Waals surface area contributed by atoms with Gasteiger partial charge in [-0.2, -0.15) is 0 Å². The maximum atomic E-state index is 13.9. The van der Waals surface area contributed by atoms with E-state index in [0.717, 1.165) is 0 Å². The number of benzene rings is 2. The van der Waals surface area contributed by atoms with Crippen LogP contribution in [0.5, 0.6) is 5.75 Å². The molecule has 2 heterocycles. The zero-order valence-corrected chi connectivity index (χ0v) is 14.0. The minimum absolute atomic E-state index is 0.0180. The van der Waals surface area contributed by atoms with Gasteiger partial charge in [-0.25, -0.2) is 9.07 Å². The lowest BCUT2D eigenvalue weighted by atomic mass is 10.1. The van der Waals surface area contributed by atoms with Gasteiger partial charge in [-0.1, -0.05) is 12.1 Å². The van der Waals surface area contributed by atoms with Crippen molar-refractivity contribution in [3.63, 3.8) is 0 Å². The Morgan fingerprint density at radius 3 is 2.63 bits per heavy atom. The van der Waals surface area contributed by atoms with Crippen molar-refractivity contribution in [3.05, 3.63) is 60.7 Å². The third kappa shape index (κ3) is 3.39. The quantitative estimate of drug-likeness (QED) is 0.516. The lowest BCUT2D eigenvalue weighted by molar-refractivity contribution is -0.139. The van der Waals surface area contributed by atoms with E-state index in [1.807, 2.05) is 0 Å². The van der Waals surface area contributed by atoms with Crippen LogP contribution in [0.2, 0.25) is 0 Å². The highest BCUT2D eigenvalue weighted by Crippen LogP contribution is 2.28. The van der Waals surface area contributed by atoms with Crippen LogP contribution in [0, 0.1) is 11.7 Å². The molecule has 1 aromatic heterocycles. The zero-order valence-electron chi connectivity index (χ0n) is 14.0. The van der Waals surface area contributed by atoms with Crippen LogP contribution in [0.4, 0.5) is 10.1 Å². The largest absolute Gasteiger partial charge is 0.426 e. The number of nitrogens with zero attached hydrogens (tertiary/aromatic N) is 5. The van der Waals surface area contributed by atoms with Gasteiger partial charge < -0.3 is 9.64 Å². The molecule has 2 aromatic carbocycles. The van der Waals surface area contributed by atoms with Gasteiger partial charge in [0.15, 0.2) is 0 Å². The number of rotatable bonds is 4. The number of halogens is 1. The summed E-state index contributed by atoms with van der Waals surface area (Å²) in [6.07, 6.45) is 1.43. The number of ether oxygens (including phenoxy) is 1. The monoisotopic (exact) mass is 367 g/mol. The van der Waals surface area contributed by atoms with Gasteiger partial charge in [0.25, 0.3) is 0 Å². The average Bonchev–Trinajstić information content (AvgIpc) is 3.33. The highest BCUT2D eigenvalue weighted by Gasteiger charge is 2.37. The fourth-order valence-corrected chi connectivity index (χ4v) is 2.91. The van der Waals surface area contributed by atoms with Gasteiger partial charge in [-0.05, 0) is 46.8 Å². The number of carbonyl (C=O) groups excluding carboxylic acids is 2. The van der Waals surface area contributed by atoms with Crippen molar-refractivity contribution in [2.45, 2.75) is 6.42 Å². The summed E-state index contributed by atoms with van der Waals surface area (Å²) in [6, 6.07) is 12.6. The number of tetrazole rings is 1. The van der Waals surface area contributed by atoms with Crippen LogP contribution in [0.15, 0.2) is 54.9 Å². The Balaban J connectivity index is 1.43. The molecule has 1 aliphatic rings. The maximum absolute atomic E-state index is 13.9. The van der Waals surface area contributed by atoms with E-state index in [2.05, 4.69) is 15.5 Å². The molecule has 1 amide bonds. The van der Waals surface area contributed by atoms with E-state index in [1.54, 1.807) is 36.4 Å². The van der Waals surface area contributed by atoms with Crippen molar-refractivity contribution in [2.75, 3.05) is 11.4 Å². The third-order valence-corrected chi connectivity index (χ3v) is 4.27. The second-order valence-electron chi connectivity index (χ2n) is 6.03. The molecule has 3 aromatic rings. The van der Waals surface area contributed by atoms with Crippen LogP contribution in [-0.2, 0) is 9.59 Å². The maximum Gasteiger partial charge on any atom is 0.316 e. The van der Waals surface area contributed by atoms with Crippen molar-refractivity contribution in [3.8, 4) is 11.4 Å². The van der Waals surface area contributed by atoms with Gasteiger partial charge in [0.05, 0.1) is 17.3 Å². The molecule has 1 fully saturated rings. The minimum atomic E-state index is -0.656. The number of aromatic nitrogens is 4. The molecule has 9 heteroatoms. The summed E-state index contributed by atoms with van der Waals surface area (Å²) in [5.41, 5.74) is 0.880. The van der Waals surface area contributed by atoms with Crippen molar-refractivity contribution in [2.24, 2.45) is 5.92 Å². The average molecular weight is 367 g/mol. The van der Waals surface area contributed by atoms with E-state index >= 15 is 0 Å². The predicted octanol–water partition coefficient (Wildman–Crippen LogP) is 1.76. The molecule has 4 rings (SSSR count). The molecule has 0 N–H and O–H groups in total. The third-order valence-electron chi connectivity index (χ3n) is 4.27. The highest BCUT2D eigenvalue weighted by atomic mass is 19.1. The Kier molecular flexibility index (Phi) is 4.33. The van der Waals surface area contributed by atoms with Crippen molar-refractivity contribution >= 4 is 17.6 Å². The van der Waals surface area contributed by atoms with Crippen LogP contribution >= 0.6 is 0 Å². The topological polar surface area (TPSA) is 90.2 Å². The van der Waals surface area contributed by atoms with Crippen LogP contribution in [0.3, 0.4) is 0 Å². The Hall–Kier alpha value is -3.62. The second-order valence-corrected chi connectivity index (χ2v) is 6.03. The van der Waals surface area contributed by atoms with Crippen LogP contribution in [0.25, 0.3) is 5.69 Å². The predicted molar refractivity (Wildman–Crippen MR) is 91.6 cm³/mol. The smallest absolute Gasteiger partial charge is 0.316 e. The summed E-state index contributed by atoms with van der Waals surface area (Å²) in [5.74, 6) is -1.66. The normalized spacial score (nSPS) is 16.6. The summed E-state index contributed by atoms with van der Waals surface area (Å²) in [4.78, 5) is 25.9. The van der Waals surface area contributed by atoms with Crippen molar-refractivity contribution in [1.82, 2.24) is 20.2 Å². The standard InChI is InChI=1S/C18H14FN5O3/c19-15-3-1-2-4-16(15)23-10-12(9-17(23)25)18(26)27-14-7-5-13(6-8-14)24-11-20-21-22-24/h1-8,11-12H,9-10H2/t12-/m1/s1. The van der Waals surface area contributed by atoms with E-state index in [1.165, 1.54) is 28.0 Å². The van der Waals surface area contributed by atoms with Crippen molar-refractivity contribution in [1.29, 1.82) is 0 Å². The number of hydrogen-bond acceptors (Lipinski definition) is 6. The van der Waals surface area contributed by atoms with E-state index in [9.17, 15) is 14.0 Å². The molecular weight excluding hydrogens is 353 g/mol. The molecular formula is C18H14FN5O3. The van der Waals surface area contributed by atoms with Crippen LogP contribution in [-0.4, -0.2) is 38.6 Å². The molecule has 0 aliphatic carbocycles. The zero-order chi connectivity index (χ0) is 18.8. The molecule has 0 radical (unpaired) electrons. The fourth-order valence-electron chi connectivity index (χ4n) is 2.91. The lowest BCUT2D eigenvalue weighted by Gasteiger charge is -2.17. The summed E-state index contributed by atoms with van der Waals surface area (Å²) in [7, 11) is 0. The Morgan fingerprint density at radius 2 is 1.93 bits per heavy atom. The summed E-state index contributed by atoms with van der Waals surface area (Å²) < 4.78 is 20.7. The summed E-state index contributed by atoms with van der Waals surface area (Å²) in [5, 5.41) is 10.9. The molecule has 8 nitrogen and oxygen atoms in total. The molecule has 0 unspecified atom stereocenters.